The molecule has 0 saturated carbocycles. The van der Waals surface area contributed by atoms with Gasteiger partial charge in [0, 0.05) is 19.8 Å². The van der Waals surface area contributed by atoms with Gasteiger partial charge in [-0.15, -0.1) is 5.01 Å². The smallest absolute Gasteiger partial charge is 0.339 e. The van der Waals surface area contributed by atoms with Crippen molar-refractivity contribution in [3.63, 3.8) is 0 Å². The van der Waals surface area contributed by atoms with E-state index in [-0.39, 0.29) is 12.3 Å². The molecule has 0 aliphatic carbocycles. The number of allylic oxidation sites excluding steroid dienone is 4. The second-order valence-corrected chi connectivity index (χ2v) is 6.47. The van der Waals surface area contributed by atoms with E-state index in [1.165, 1.54) is 11.7 Å². The molecule has 1 aromatic heterocycles. The number of nitrogens with one attached hydrogen (secondary N) is 3. The minimum absolute atomic E-state index is 0.0696. The van der Waals surface area contributed by atoms with Crippen molar-refractivity contribution in [3.05, 3.63) is 51.0 Å². The molecule has 3 amide bonds. The fourth-order valence-electron chi connectivity index (χ4n) is 2.82. The zero-order valence-corrected chi connectivity index (χ0v) is 17.9. The van der Waals surface area contributed by atoms with Gasteiger partial charge in [0.1, 0.15) is 0 Å². The van der Waals surface area contributed by atoms with E-state index in [0.717, 1.165) is 16.3 Å². The standard InChI is InChI=1S/C20H28N6O4/c1-6-16-14(18(27)25(23-16)12-30-22-5)10-8-13(3)9-11-15-17(7-2)24-26(19(15)28)20(29)21-4/h8-11,22-23H,6-7,12H2,1-5H3,(H,21,29). The van der Waals surface area contributed by atoms with Gasteiger partial charge in [-0.2, -0.15) is 5.10 Å². The van der Waals surface area contributed by atoms with Gasteiger partial charge in [-0.3, -0.25) is 19.5 Å². The molecular formula is C20H28N6O4. The SMILES string of the molecule is CCC1=NN(C(=O)NC)C(=O)C1=CC=C(C)C=Cc1c(CC)[nH]n(CONC)c1=O. The number of hydrogen-bond donors (Lipinski definition) is 3. The molecule has 0 fully saturated rings. The number of hydrogen-bond acceptors (Lipinski definition) is 6. The van der Waals surface area contributed by atoms with Crippen LogP contribution in [0.3, 0.4) is 0 Å². The lowest BCUT2D eigenvalue weighted by molar-refractivity contribution is -0.123. The van der Waals surface area contributed by atoms with Gasteiger partial charge in [0.25, 0.3) is 11.5 Å². The summed E-state index contributed by atoms with van der Waals surface area (Å²) in [7, 11) is 3.06. The summed E-state index contributed by atoms with van der Waals surface area (Å²) in [5.41, 5.74) is 5.44. The molecule has 0 radical (unpaired) electrons. The zero-order valence-electron chi connectivity index (χ0n) is 17.9. The Labute approximate surface area is 174 Å². The van der Waals surface area contributed by atoms with E-state index in [0.29, 0.717) is 29.7 Å². The first-order valence-corrected chi connectivity index (χ1v) is 9.68. The molecule has 0 bridgehead atoms. The fourth-order valence-corrected chi connectivity index (χ4v) is 2.82. The van der Waals surface area contributed by atoms with Crippen LogP contribution in [0.5, 0.6) is 0 Å². The van der Waals surface area contributed by atoms with Crippen LogP contribution < -0.4 is 16.4 Å². The Kier molecular flexibility index (Phi) is 8.07. The van der Waals surface area contributed by atoms with Crippen LogP contribution in [0.15, 0.2) is 39.3 Å². The van der Waals surface area contributed by atoms with Gasteiger partial charge in [-0.1, -0.05) is 31.6 Å². The summed E-state index contributed by atoms with van der Waals surface area (Å²) in [6, 6.07) is -0.576. The lowest BCUT2D eigenvalue weighted by Crippen LogP contribution is -2.36. The normalized spacial score (nSPS) is 16.1. The second-order valence-electron chi connectivity index (χ2n) is 6.47. The van der Waals surface area contributed by atoms with Crippen molar-refractivity contribution in [1.29, 1.82) is 0 Å². The third kappa shape index (κ3) is 5.02. The topological polar surface area (TPSA) is 121 Å². The first-order chi connectivity index (χ1) is 14.4. The molecule has 3 N–H and O–H groups in total. The highest BCUT2D eigenvalue weighted by atomic mass is 16.7. The highest BCUT2D eigenvalue weighted by molar-refractivity contribution is 6.27. The molecule has 1 aliphatic heterocycles. The molecule has 0 atom stereocenters. The Hall–Kier alpha value is -3.24. The number of hydroxylamine groups is 1. The van der Waals surface area contributed by atoms with E-state index in [4.69, 9.17) is 4.84 Å². The lowest BCUT2D eigenvalue weighted by Gasteiger charge is -2.07. The van der Waals surface area contributed by atoms with Crippen molar-refractivity contribution < 1.29 is 14.4 Å². The fraction of sp³-hybridized carbons (Fsp3) is 0.400. The molecule has 0 spiro atoms. The number of imide groups is 1. The number of hydrazone groups is 1. The summed E-state index contributed by atoms with van der Waals surface area (Å²) < 4.78 is 1.38. The number of aromatic nitrogens is 2. The molecular weight excluding hydrogens is 388 g/mol. The molecule has 10 nitrogen and oxygen atoms in total. The Balaban J connectivity index is 2.25. The number of aromatic amines is 1. The van der Waals surface area contributed by atoms with Crippen molar-refractivity contribution >= 4 is 23.7 Å². The first-order valence-electron chi connectivity index (χ1n) is 9.68. The van der Waals surface area contributed by atoms with E-state index < -0.39 is 11.9 Å². The van der Waals surface area contributed by atoms with Crippen molar-refractivity contribution in [3.8, 4) is 0 Å². The predicted octanol–water partition coefficient (Wildman–Crippen LogP) is 1.68. The van der Waals surface area contributed by atoms with Gasteiger partial charge < -0.3 is 5.32 Å². The van der Waals surface area contributed by atoms with Crippen LogP contribution in [0, 0.1) is 0 Å². The minimum atomic E-state index is -0.576. The van der Waals surface area contributed by atoms with Crippen molar-refractivity contribution in [2.24, 2.45) is 5.10 Å². The summed E-state index contributed by atoms with van der Waals surface area (Å²) in [6.45, 7) is 5.74. The molecule has 1 aliphatic rings. The highest BCUT2D eigenvalue weighted by Crippen LogP contribution is 2.18. The number of carbonyl (C=O) groups excluding carboxylic acids is 2. The van der Waals surface area contributed by atoms with E-state index >= 15 is 0 Å². The van der Waals surface area contributed by atoms with Gasteiger partial charge in [-0.05, 0) is 31.9 Å². The van der Waals surface area contributed by atoms with Gasteiger partial charge in [-0.25, -0.2) is 15.0 Å². The van der Waals surface area contributed by atoms with Crippen LogP contribution in [0.4, 0.5) is 4.79 Å². The van der Waals surface area contributed by atoms with E-state index in [1.54, 1.807) is 31.4 Å². The van der Waals surface area contributed by atoms with Crippen molar-refractivity contribution in [2.45, 2.75) is 40.3 Å². The number of urea groups is 1. The van der Waals surface area contributed by atoms with E-state index in [1.807, 2.05) is 20.8 Å². The summed E-state index contributed by atoms with van der Waals surface area (Å²) in [5.74, 6) is -0.467. The molecule has 0 saturated heterocycles. The van der Waals surface area contributed by atoms with Gasteiger partial charge in [0.15, 0.2) is 6.73 Å². The molecule has 0 unspecified atom stereocenters. The van der Waals surface area contributed by atoms with Gasteiger partial charge in [0.05, 0.1) is 16.8 Å². The Morgan fingerprint density at radius 1 is 1.23 bits per heavy atom. The first kappa shape index (κ1) is 23.0. The third-order valence-corrected chi connectivity index (χ3v) is 4.48. The predicted molar refractivity (Wildman–Crippen MR) is 114 cm³/mol. The van der Waals surface area contributed by atoms with Gasteiger partial charge >= 0.3 is 6.03 Å². The molecule has 162 valence electrons. The Morgan fingerprint density at radius 2 is 1.97 bits per heavy atom. The largest absolute Gasteiger partial charge is 0.345 e. The second kappa shape index (κ2) is 10.5. The van der Waals surface area contributed by atoms with Gasteiger partial charge in [0.2, 0.25) is 0 Å². The lowest BCUT2D eigenvalue weighted by atomic mass is 10.1. The zero-order chi connectivity index (χ0) is 22.3. The Bertz CT molecular complexity index is 980. The van der Waals surface area contributed by atoms with E-state index in [9.17, 15) is 14.4 Å². The molecule has 2 rings (SSSR count). The number of amides is 3. The highest BCUT2D eigenvalue weighted by Gasteiger charge is 2.32. The Morgan fingerprint density at radius 3 is 2.57 bits per heavy atom. The van der Waals surface area contributed by atoms with Crippen LogP contribution in [-0.2, 0) is 22.8 Å². The number of carbonyl (C=O) groups is 2. The average molecular weight is 416 g/mol. The summed E-state index contributed by atoms with van der Waals surface area (Å²) in [6.07, 6.45) is 8.11. The monoisotopic (exact) mass is 416 g/mol. The number of H-pyrrole nitrogens is 1. The maximum absolute atomic E-state index is 12.5. The minimum Gasteiger partial charge on any atom is -0.339 e. The molecule has 10 heteroatoms. The third-order valence-electron chi connectivity index (χ3n) is 4.48. The van der Waals surface area contributed by atoms with E-state index in [2.05, 4.69) is 21.0 Å². The maximum Gasteiger partial charge on any atom is 0.345 e. The van der Waals surface area contributed by atoms with Crippen LogP contribution in [-0.4, -0.2) is 46.5 Å². The summed E-state index contributed by atoms with van der Waals surface area (Å²) in [4.78, 5) is 41.8. The van der Waals surface area contributed by atoms with Crippen LogP contribution in [0.2, 0.25) is 0 Å². The molecule has 0 aromatic carbocycles. The summed E-state index contributed by atoms with van der Waals surface area (Å²) >= 11 is 0. The number of nitrogens with zero attached hydrogens (tertiary/aromatic N) is 3. The number of rotatable bonds is 8. The number of aryl methyl sites for hydroxylation is 1. The quantitative estimate of drug-likeness (QED) is 0.338. The van der Waals surface area contributed by atoms with Crippen LogP contribution in [0.25, 0.3) is 6.08 Å². The molecule has 1 aromatic rings. The molecule has 30 heavy (non-hydrogen) atoms. The van der Waals surface area contributed by atoms with Crippen LogP contribution in [0.1, 0.15) is 38.4 Å². The van der Waals surface area contributed by atoms with Crippen molar-refractivity contribution in [1.82, 2.24) is 25.6 Å². The van der Waals surface area contributed by atoms with Crippen molar-refractivity contribution in [2.75, 3.05) is 14.1 Å². The average Bonchev–Trinajstić information content (AvgIpc) is 3.24. The van der Waals surface area contributed by atoms with Crippen LogP contribution >= 0.6 is 0 Å². The molecule has 2 heterocycles. The summed E-state index contributed by atoms with van der Waals surface area (Å²) in [5, 5.41) is 10.3. The maximum atomic E-state index is 12.5.